The largest absolute Gasteiger partial charge is 0.493 e. The lowest BCUT2D eigenvalue weighted by Gasteiger charge is -2.18. The number of thiazole rings is 2. The number of rotatable bonds is 7. The van der Waals surface area contributed by atoms with Crippen LogP contribution in [0.25, 0.3) is 17.1 Å². The maximum atomic E-state index is 13.1. The highest BCUT2D eigenvalue weighted by molar-refractivity contribution is 7.15. The molecule has 0 radical (unpaired) electrons. The van der Waals surface area contributed by atoms with Crippen LogP contribution in [0.4, 0.5) is 18.3 Å². The zero-order valence-corrected chi connectivity index (χ0v) is 20.7. The Morgan fingerprint density at radius 2 is 2.00 bits per heavy atom. The molecule has 1 aromatic carbocycles. The molecule has 4 aromatic rings. The molecule has 3 heterocycles. The molecule has 1 saturated carbocycles. The summed E-state index contributed by atoms with van der Waals surface area (Å²) in [5.41, 5.74) is 0.261. The summed E-state index contributed by atoms with van der Waals surface area (Å²) in [6.07, 6.45) is 4.91. The Bertz CT molecular complexity index is 1420. The molecule has 0 unspecified atom stereocenters. The van der Waals surface area contributed by atoms with Gasteiger partial charge in [0.1, 0.15) is 5.69 Å². The summed E-state index contributed by atoms with van der Waals surface area (Å²) < 4.78 is 52.1. The van der Waals surface area contributed by atoms with Gasteiger partial charge in [0.2, 0.25) is 0 Å². The third-order valence-electron chi connectivity index (χ3n) is 5.76. The van der Waals surface area contributed by atoms with E-state index in [1.165, 1.54) is 11.3 Å². The van der Waals surface area contributed by atoms with Crippen molar-refractivity contribution in [3.05, 3.63) is 57.8 Å². The van der Waals surface area contributed by atoms with Crippen LogP contribution >= 0.6 is 22.7 Å². The highest BCUT2D eigenvalue weighted by Crippen LogP contribution is 2.36. The van der Waals surface area contributed by atoms with Gasteiger partial charge in [0.05, 0.1) is 18.9 Å². The number of imidazole rings is 1. The first kappa shape index (κ1) is 24.3. The first-order valence-corrected chi connectivity index (χ1v) is 12.9. The number of nitrogens with zero attached hydrogens (tertiary/aromatic N) is 3. The van der Waals surface area contributed by atoms with Gasteiger partial charge in [-0.3, -0.25) is 14.5 Å². The fraction of sp³-hybridized carbons (Fsp3) is 0.292. The van der Waals surface area contributed by atoms with Crippen molar-refractivity contribution in [3.63, 3.8) is 0 Å². The van der Waals surface area contributed by atoms with E-state index in [1.807, 2.05) is 18.2 Å². The number of nitrogens with one attached hydrogen (secondary N) is 1. The number of carbonyl (C=O) groups excluding carboxylic acids is 1. The molecular formula is C24H21F3N4O3S2. The van der Waals surface area contributed by atoms with Crippen molar-refractivity contribution in [3.8, 4) is 11.5 Å². The maximum absolute atomic E-state index is 13.1. The lowest BCUT2D eigenvalue weighted by molar-refractivity contribution is -0.140. The smallest absolute Gasteiger partial charge is 0.434 e. The first-order chi connectivity index (χ1) is 17.3. The maximum Gasteiger partial charge on any atom is 0.434 e. The van der Waals surface area contributed by atoms with Gasteiger partial charge in [-0.05, 0) is 43.9 Å². The van der Waals surface area contributed by atoms with Crippen LogP contribution in [-0.4, -0.2) is 33.5 Å². The van der Waals surface area contributed by atoms with E-state index in [1.54, 1.807) is 35.2 Å². The summed E-state index contributed by atoms with van der Waals surface area (Å²) in [7, 11) is 1.58. The number of alkyl halides is 3. The zero-order chi connectivity index (χ0) is 25.3. The number of para-hydroxylation sites is 1. The van der Waals surface area contributed by atoms with Crippen LogP contribution in [0.1, 0.15) is 53.1 Å². The number of aromatic nitrogens is 3. The molecule has 1 N–H and O–H groups in total. The number of ether oxygens (including phenoxy) is 2. The minimum Gasteiger partial charge on any atom is -0.493 e. The van der Waals surface area contributed by atoms with Gasteiger partial charge >= 0.3 is 6.18 Å². The molecule has 7 nitrogen and oxygen atoms in total. The summed E-state index contributed by atoms with van der Waals surface area (Å²) in [4.78, 5) is 21.7. The molecule has 0 atom stereocenters. The van der Waals surface area contributed by atoms with Crippen LogP contribution < -0.4 is 14.8 Å². The Labute approximate surface area is 212 Å². The van der Waals surface area contributed by atoms with E-state index in [9.17, 15) is 18.0 Å². The van der Waals surface area contributed by atoms with E-state index in [-0.39, 0.29) is 16.9 Å². The summed E-state index contributed by atoms with van der Waals surface area (Å²) >= 11 is 2.05. The summed E-state index contributed by atoms with van der Waals surface area (Å²) in [5.74, 6) is 0.617. The fourth-order valence-electron chi connectivity index (χ4n) is 4.05. The SMILES string of the molecule is COc1cccc(/C=C/c2nc3sccn3c2C(=O)Nc2nc(C(F)(F)F)cs2)c1OC1CCCC1. The Morgan fingerprint density at radius 1 is 1.19 bits per heavy atom. The zero-order valence-electron chi connectivity index (χ0n) is 19.0. The molecule has 0 spiro atoms. The van der Waals surface area contributed by atoms with Crippen molar-refractivity contribution in [2.75, 3.05) is 12.4 Å². The quantitative estimate of drug-likeness (QED) is 0.288. The normalized spacial score (nSPS) is 14.7. The number of fused-ring (bicyclic) bond motifs is 1. The topological polar surface area (TPSA) is 77.8 Å². The lowest BCUT2D eigenvalue weighted by atomic mass is 10.1. The van der Waals surface area contributed by atoms with Crippen LogP contribution in [-0.2, 0) is 6.18 Å². The molecule has 0 aliphatic heterocycles. The van der Waals surface area contributed by atoms with Crippen LogP contribution in [0.2, 0.25) is 0 Å². The number of methoxy groups -OCH3 is 1. The van der Waals surface area contributed by atoms with Crippen molar-refractivity contribution in [1.29, 1.82) is 0 Å². The van der Waals surface area contributed by atoms with Gasteiger partial charge in [0, 0.05) is 22.5 Å². The molecular weight excluding hydrogens is 513 g/mol. The third-order valence-corrected chi connectivity index (χ3v) is 7.27. The summed E-state index contributed by atoms with van der Waals surface area (Å²) in [6.45, 7) is 0. The van der Waals surface area contributed by atoms with Crippen LogP contribution in [0.5, 0.6) is 11.5 Å². The van der Waals surface area contributed by atoms with Crippen molar-refractivity contribution in [1.82, 2.24) is 14.4 Å². The van der Waals surface area contributed by atoms with Crippen LogP contribution in [0.3, 0.4) is 0 Å². The summed E-state index contributed by atoms with van der Waals surface area (Å²) in [6, 6.07) is 5.56. The van der Waals surface area contributed by atoms with E-state index in [4.69, 9.17) is 9.47 Å². The average molecular weight is 535 g/mol. The van der Waals surface area contributed by atoms with Crippen LogP contribution in [0, 0.1) is 0 Å². The average Bonchev–Trinajstić information content (AvgIpc) is 3.62. The van der Waals surface area contributed by atoms with E-state index >= 15 is 0 Å². The molecule has 12 heteroatoms. The number of benzene rings is 1. The number of halogens is 3. The highest BCUT2D eigenvalue weighted by atomic mass is 32.1. The monoisotopic (exact) mass is 534 g/mol. The van der Waals surface area contributed by atoms with Gasteiger partial charge in [-0.2, -0.15) is 13.2 Å². The minimum absolute atomic E-state index is 0.118. The number of hydrogen-bond donors (Lipinski definition) is 1. The van der Waals surface area contributed by atoms with Gasteiger partial charge in [0.25, 0.3) is 5.91 Å². The van der Waals surface area contributed by atoms with Crippen molar-refractivity contribution in [2.24, 2.45) is 0 Å². The standard InChI is InChI=1S/C24H21F3N4O3S2/c1-33-17-8-4-5-14(20(17)34-15-6-2-3-7-15)9-10-16-19(31-11-12-35-23(31)28-16)21(32)30-22-29-18(13-36-22)24(25,26)27/h4-5,8-13,15H,2-3,6-7H2,1H3,(H,29,30,32)/b10-9+. The number of amides is 1. The van der Waals surface area contributed by atoms with Crippen molar-refractivity contribution >= 4 is 50.8 Å². The van der Waals surface area contributed by atoms with E-state index in [2.05, 4.69) is 15.3 Å². The van der Waals surface area contributed by atoms with E-state index in [0.29, 0.717) is 33.5 Å². The summed E-state index contributed by atoms with van der Waals surface area (Å²) in [5, 5.41) is 4.96. The molecule has 0 bridgehead atoms. The number of carbonyl (C=O) groups is 1. The van der Waals surface area contributed by atoms with E-state index in [0.717, 1.165) is 36.6 Å². The number of hydrogen-bond acceptors (Lipinski definition) is 7. The molecule has 36 heavy (non-hydrogen) atoms. The lowest BCUT2D eigenvalue weighted by Crippen LogP contribution is -2.15. The Morgan fingerprint density at radius 3 is 2.72 bits per heavy atom. The molecule has 1 amide bonds. The molecule has 5 rings (SSSR count). The van der Waals surface area contributed by atoms with Crippen molar-refractivity contribution in [2.45, 2.75) is 38.0 Å². The molecule has 3 aromatic heterocycles. The Balaban J connectivity index is 1.46. The Kier molecular flexibility index (Phi) is 6.71. The second kappa shape index (κ2) is 9.94. The van der Waals surface area contributed by atoms with Gasteiger partial charge < -0.3 is 9.47 Å². The molecule has 1 aliphatic carbocycles. The second-order valence-electron chi connectivity index (χ2n) is 8.13. The first-order valence-electron chi connectivity index (χ1n) is 11.1. The van der Waals surface area contributed by atoms with Gasteiger partial charge in [-0.25, -0.2) is 9.97 Å². The Hall–Kier alpha value is -3.38. The number of anilines is 1. The molecule has 1 aliphatic rings. The van der Waals surface area contributed by atoms with Gasteiger partial charge in [-0.15, -0.1) is 22.7 Å². The molecule has 1 fully saturated rings. The predicted octanol–water partition coefficient (Wildman–Crippen LogP) is 6.62. The van der Waals surface area contributed by atoms with Crippen LogP contribution in [0.15, 0.2) is 35.2 Å². The highest BCUT2D eigenvalue weighted by Gasteiger charge is 2.34. The minimum atomic E-state index is -4.58. The predicted molar refractivity (Wildman–Crippen MR) is 133 cm³/mol. The fourth-order valence-corrected chi connectivity index (χ4v) is 5.49. The third kappa shape index (κ3) is 4.96. The molecule has 188 valence electrons. The van der Waals surface area contributed by atoms with E-state index < -0.39 is 17.8 Å². The van der Waals surface area contributed by atoms with Gasteiger partial charge in [0.15, 0.2) is 27.3 Å². The van der Waals surface area contributed by atoms with Gasteiger partial charge in [-0.1, -0.05) is 12.1 Å². The second-order valence-corrected chi connectivity index (χ2v) is 9.86. The molecule has 0 saturated heterocycles. The van der Waals surface area contributed by atoms with Crippen molar-refractivity contribution < 1.29 is 27.4 Å².